The molecule has 1 aliphatic rings. The Kier molecular flexibility index (Phi) is 4.72. The van der Waals surface area contributed by atoms with Gasteiger partial charge in [-0.1, -0.05) is 12.1 Å². The number of benzene rings is 2. The summed E-state index contributed by atoms with van der Waals surface area (Å²) < 4.78 is 13.7. The van der Waals surface area contributed by atoms with Crippen molar-refractivity contribution in [3.63, 3.8) is 0 Å². The minimum absolute atomic E-state index is 0.291. The van der Waals surface area contributed by atoms with Crippen LogP contribution >= 0.6 is 15.9 Å². The fraction of sp³-hybridized carbons (Fsp3) is 0.211. The van der Waals surface area contributed by atoms with E-state index in [1.54, 1.807) is 6.20 Å². The summed E-state index contributed by atoms with van der Waals surface area (Å²) in [4.78, 5) is 0. The monoisotopic (exact) mass is 399 g/mol. The molecule has 0 spiro atoms. The molecule has 1 N–H and O–H groups in total. The highest BCUT2D eigenvalue weighted by atomic mass is 79.9. The third-order valence-corrected chi connectivity index (χ3v) is 4.70. The third kappa shape index (κ3) is 3.70. The summed E-state index contributed by atoms with van der Waals surface area (Å²) >= 11 is 3.53. The molecule has 0 radical (unpaired) electrons. The van der Waals surface area contributed by atoms with Crippen LogP contribution in [-0.4, -0.2) is 23.1 Å². The zero-order valence-corrected chi connectivity index (χ0v) is 15.2. The molecule has 5 nitrogen and oxygen atoms in total. The van der Waals surface area contributed by atoms with E-state index in [2.05, 4.69) is 56.7 Å². The zero-order chi connectivity index (χ0) is 17.1. The zero-order valence-electron chi connectivity index (χ0n) is 13.6. The smallest absolute Gasteiger partial charge is 0.231 e. The van der Waals surface area contributed by atoms with Crippen LogP contribution in [-0.2, 0) is 13.0 Å². The van der Waals surface area contributed by atoms with Crippen molar-refractivity contribution in [1.82, 2.24) is 15.1 Å². The van der Waals surface area contributed by atoms with E-state index in [0.29, 0.717) is 6.79 Å². The number of fused-ring (bicyclic) bond motifs is 1. The number of aromatic nitrogens is 2. The van der Waals surface area contributed by atoms with E-state index in [9.17, 15) is 0 Å². The quantitative estimate of drug-likeness (QED) is 0.642. The lowest BCUT2D eigenvalue weighted by Crippen LogP contribution is -2.16. The van der Waals surface area contributed by atoms with Crippen molar-refractivity contribution < 1.29 is 9.47 Å². The largest absolute Gasteiger partial charge is 0.454 e. The Hall–Kier alpha value is -2.31. The molecule has 0 fully saturated rings. The van der Waals surface area contributed by atoms with Gasteiger partial charge in [0.15, 0.2) is 11.5 Å². The first-order valence-electron chi connectivity index (χ1n) is 8.17. The highest BCUT2D eigenvalue weighted by Crippen LogP contribution is 2.39. The summed E-state index contributed by atoms with van der Waals surface area (Å²) in [6.07, 6.45) is 4.71. The van der Waals surface area contributed by atoms with Crippen LogP contribution in [0.15, 0.2) is 59.3 Å². The summed E-state index contributed by atoms with van der Waals surface area (Å²) in [6.45, 7) is 1.99. The molecule has 3 aromatic rings. The van der Waals surface area contributed by atoms with Gasteiger partial charge < -0.3 is 14.8 Å². The number of hydrogen-bond acceptors (Lipinski definition) is 4. The highest BCUT2D eigenvalue weighted by molar-refractivity contribution is 9.10. The van der Waals surface area contributed by atoms with E-state index in [-0.39, 0.29) is 0 Å². The second kappa shape index (κ2) is 7.29. The van der Waals surface area contributed by atoms with Gasteiger partial charge in [0.2, 0.25) is 6.79 Å². The molecule has 0 saturated heterocycles. The Morgan fingerprint density at radius 1 is 1.12 bits per heavy atom. The van der Waals surface area contributed by atoms with Crippen molar-refractivity contribution in [3.8, 4) is 17.2 Å². The summed E-state index contributed by atoms with van der Waals surface area (Å²) in [5.74, 6) is 1.60. The second-order valence-corrected chi connectivity index (χ2v) is 6.71. The molecule has 1 aliphatic heterocycles. The Bertz CT molecular complexity index is 848. The van der Waals surface area contributed by atoms with Gasteiger partial charge in [-0.2, -0.15) is 5.10 Å². The molecule has 0 bridgehead atoms. The van der Waals surface area contributed by atoms with Crippen LogP contribution in [0.1, 0.15) is 11.1 Å². The standard InChI is InChI=1S/C19H18BrN3O2/c20-17-10-15(11-18-19(17)25-13-24-18)12-21-8-6-14-2-4-16(5-3-14)23-9-1-7-22-23/h1-5,7,9-11,21H,6,8,12-13H2. The van der Waals surface area contributed by atoms with Crippen LogP contribution in [0.2, 0.25) is 0 Å². The molecular formula is C19H18BrN3O2. The van der Waals surface area contributed by atoms with Crippen LogP contribution in [0.5, 0.6) is 11.5 Å². The van der Waals surface area contributed by atoms with Gasteiger partial charge in [-0.25, -0.2) is 4.68 Å². The molecule has 0 amide bonds. The van der Waals surface area contributed by atoms with E-state index in [4.69, 9.17) is 9.47 Å². The maximum Gasteiger partial charge on any atom is 0.231 e. The van der Waals surface area contributed by atoms with Gasteiger partial charge in [-0.3, -0.25) is 0 Å². The molecule has 128 valence electrons. The minimum atomic E-state index is 0.291. The van der Waals surface area contributed by atoms with Gasteiger partial charge in [-0.15, -0.1) is 0 Å². The summed E-state index contributed by atoms with van der Waals surface area (Å²) in [5.41, 5.74) is 3.55. The maximum atomic E-state index is 5.45. The van der Waals surface area contributed by atoms with Gasteiger partial charge in [0.1, 0.15) is 0 Å². The van der Waals surface area contributed by atoms with Crippen LogP contribution in [0, 0.1) is 0 Å². The first kappa shape index (κ1) is 16.2. The van der Waals surface area contributed by atoms with Gasteiger partial charge in [0.25, 0.3) is 0 Å². The van der Waals surface area contributed by atoms with Gasteiger partial charge in [0.05, 0.1) is 10.2 Å². The topological polar surface area (TPSA) is 48.3 Å². The molecule has 1 aromatic heterocycles. The number of ether oxygens (including phenoxy) is 2. The number of nitrogens with one attached hydrogen (secondary N) is 1. The number of halogens is 1. The molecular weight excluding hydrogens is 382 g/mol. The fourth-order valence-corrected chi connectivity index (χ4v) is 3.43. The van der Waals surface area contributed by atoms with Crippen molar-refractivity contribution >= 4 is 15.9 Å². The van der Waals surface area contributed by atoms with Crippen molar-refractivity contribution in [1.29, 1.82) is 0 Å². The van der Waals surface area contributed by atoms with E-state index >= 15 is 0 Å². The minimum Gasteiger partial charge on any atom is -0.454 e. The predicted molar refractivity (Wildman–Crippen MR) is 99.2 cm³/mol. The normalized spacial score (nSPS) is 12.5. The first-order valence-corrected chi connectivity index (χ1v) is 8.96. The Morgan fingerprint density at radius 3 is 2.80 bits per heavy atom. The molecule has 0 saturated carbocycles. The average Bonchev–Trinajstić information content (AvgIpc) is 3.31. The Morgan fingerprint density at radius 2 is 2.00 bits per heavy atom. The molecule has 0 aliphatic carbocycles. The van der Waals surface area contributed by atoms with E-state index < -0.39 is 0 Å². The molecule has 2 heterocycles. The van der Waals surface area contributed by atoms with Gasteiger partial charge in [-0.05, 0) is 70.4 Å². The summed E-state index contributed by atoms with van der Waals surface area (Å²) in [6, 6.07) is 14.5. The van der Waals surface area contributed by atoms with Crippen LogP contribution in [0.3, 0.4) is 0 Å². The van der Waals surface area contributed by atoms with Crippen molar-refractivity contribution in [3.05, 3.63) is 70.5 Å². The molecule has 2 aromatic carbocycles. The molecule has 4 rings (SSSR count). The van der Waals surface area contributed by atoms with Crippen LogP contribution in [0.4, 0.5) is 0 Å². The van der Waals surface area contributed by atoms with Gasteiger partial charge >= 0.3 is 0 Å². The van der Waals surface area contributed by atoms with Crippen LogP contribution in [0.25, 0.3) is 5.69 Å². The van der Waals surface area contributed by atoms with Crippen LogP contribution < -0.4 is 14.8 Å². The van der Waals surface area contributed by atoms with Crippen molar-refractivity contribution in [2.45, 2.75) is 13.0 Å². The first-order chi connectivity index (χ1) is 12.3. The third-order valence-electron chi connectivity index (χ3n) is 4.11. The molecule has 0 atom stereocenters. The Balaban J connectivity index is 1.29. The lowest BCUT2D eigenvalue weighted by molar-refractivity contribution is 0.173. The SMILES string of the molecule is Brc1cc(CNCCc2ccc(-n3cccn3)cc2)cc2c1OCO2. The summed E-state index contributed by atoms with van der Waals surface area (Å²) in [7, 11) is 0. The number of nitrogens with zero attached hydrogens (tertiary/aromatic N) is 2. The molecule has 6 heteroatoms. The maximum absolute atomic E-state index is 5.45. The Labute approximate surface area is 154 Å². The lowest BCUT2D eigenvalue weighted by atomic mass is 10.1. The molecule has 25 heavy (non-hydrogen) atoms. The fourth-order valence-electron chi connectivity index (χ4n) is 2.83. The van der Waals surface area contributed by atoms with E-state index in [0.717, 1.165) is 41.2 Å². The highest BCUT2D eigenvalue weighted by Gasteiger charge is 2.17. The van der Waals surface area contributed by atoms with E-state index in [1.165, 1.54) is 11.1 Å². The van der Waals surface area contributed by atoms with Gasteiger partial charge in [0, 0.05) is 18.9 Å². The average molecular weight is 400 g/mol. The second-order valence-electron chi connectivity index (χ2n) is 5.86. The molecule has 0 unspecified atom stereocenters. The van der Waals surface area contributed by atoms with Crippen molar-refractivity contribution in [2.24, 2.45) is 0 Å². The number of hydrogen-bond donors (Lipinski definition) is 1. The lowest BCUT2D eigenvalue weighted by Gasteiger charge is -2.08. The van der Waals surface area contributed by atoms with E-state index in [1.807, 2.05) is 23.0 Å². The summed E-state index contributed by atoms with van der Waals surface area (Å²) in [5, 5.41) is 7.71. The van der Waals surface area contributed by atoms with Crippen molar-refractivity contribution in [2.75, 3.05) is 13.3 Å². The predicted octanol–water partition coefficient (Wildman–Crippen LogP) is 3.70. The number of rotatable bonds is 6.